The van der Waals surface area contributed by atoms with Crippen molar-refractivity contribution in [2.24, 2.45) is 0 Å². The third-order valence-corrected chi connectivity index (χ3v) is 7.66. The van der Waals surface area contributed by atoms with Crippen LogP contribution in [-0.2, 0) is 27.9 Å². The topological polar surface area (TPSA) is 96.6 Å². The van der Waals surface area contributed by atoms with Crippen LogP contribution in [0.4, 0.5) is 5.69 Å². The number of fused-ring (bicyclic) bond motifs is 1. The first-order chi connectivity index (χ1) is 15.3. The standard InChI is InChI=1S/C22H27N5O4S/c1-3-26-19-9-4-5-10-20(19)27(22(26)29)16-21(28)23-17-7-6-8-18(15-17)32(30,31)25-13-11-24(2)12-14-25/h4-10,15H,3,11-14,16H2,1-2H3,(H,23,28). The molecular weight excluding hydrogens is 430 g/mol. The summed E-state index contributed by atoms with van der Waals surface area (Å²) in [6.07, 6.45) is 0. The molecule has 0 saturated carbocycles. The number of hydrogen-bond acceptors (Lipinski definition) is 5. The molecule has 0 aliphatic carbocycles. The molecule has 1 fully saturated rings. The van der Waals surface area contributed by atoms with Gasteiger partial charge in [0.05, 0.1) is 15.9 Å². The first kappa shape index (κ1) is 22.3. The van der Waals surface area contributed by atoms with Gasteiger partial charge in [0.15, 0.2) is 0 Å². The average Bonchev–Trinajstić information content (AvgIpc) is 3.05. The van der Waals surface area contributed by atoms with E-state index in [1.807, 2.05) is 32.2 Å². The van der Waals surface area contributed by atoms with Crippen molar-refractivity contribution in [3.8, 4) is 0 Å². The summed E-state index contributed by atoms with van der Waals surface area (Å²) >= 11 is 0. The maximum Gasteiger partial charge on any atom is 0.329 e. The number of piperazine rings is 1. The van der Waals surface area contributed by atoms with E-state index in [2.05, 4.69) is 10.2 Å². The van der Waals surface area contributed by atoms with E-state index in [0.29, 0.717) is 43.9 Å². The monoisotopic (exact) mass is 457 g/mol. The number of likely N-dealkylation sites (N-methyl/N-ethyl adjacent to an activating group) is 1. The van der Waals surface area contributed by atoms with Gasteiger partial charge in [0, 0.05) is 38.4 Å². The molecular formula is C22H27N5O4S. The number of sulfonamides is 1. The highest BCUT2D eigenvalue weighted by molar-refractivity contribution is 7.89. The van der Waals surface area contributed by atoms with E-state index in [4.69, 9.17) is 0 Å². The van der Waals surface area contributed by atoms with Crippen molar-refractivity contribution in [2.45, 2.75) is 24.9 Å². The Balaban J connectivity index is 1.54. The van der Waals surface area contributed by atoms with Gasteiger partial charge in [-0.15, -0.1) is 0 Å². The van der Waals surface area contributed by atoms with E-state index in [0.717, 1.165) is 5.52 Å². The zero-order chi connectivity index (χ0) is 22.9. The Bertz CT molecular complexity index is 1300. The molecule has 0 spiro atoms. The SMILES string of the molecule is CCn1c(=O)n(CC(=O)Nc2cccc(S(=O)(=O)N3CCN(C)CC3)c2)c2ccccc21. The van der Waals surface area contributed by atoms with Crippen molar-refractivity contribution in [1.82, 2.24) is 18.3 Å². The number of para-hydroxylation sites is 2. The van der Waals surface area contributed by atoms with Crippen LogP contribution >= 0.6 is 0 Å². The van der Waals surface area contributed by atoms with Crippen LogP contribution in [0.3, 0.4) is 0 Å². The fourth-order valence-electron chi connectivity index (χ4n) is 3.99. The predicted octanol–water partition coefficient (Wildman–Crippen LogP) is 1.40. The Morgan fingerprint density at radius 3 is 2.28 bits per heavy atom. The molecule has 9 nitrogen and oxygen atoms in total. The molecule has 32 heavy (non-hydrogen) atoms. The molecule has 10 heteroatoms. The summed E-state index contributed by atoms with van der Waals surface area (Å²) in [7, 11) is -1.68. The number of anilines is 1. The lowest BCUT2D eigenvalue weighted by Crippen LogP contribution is -2.47. The van der Waals surface area contributed by atoms with Crippen LogP contribution in [0.25, 0.3) is 11.0 Å². The number of aryl methyl sites for hydroxylation is 1. The molecule has 1 aliphatic rings. The van der Waals surface area contributed by atoms with Crippen molar-refractivity contribution < 1.29 is 13.2 Å². The quantitative estimate of drug-likeness (QED) is 0.604. The third kappa shape index (κ3) is 4.21. The number of nitrogens with one attached hydrogen (secondary N) is 1. The van der Waals surface area contributed by atoms with Gasteiger partial charge in [0.2, 0.25) is 15.9 Å². The average molecular weight is 458 g/mol. The number of rotatable bonds is 6. The van der Waals surface area contributed by atoms with Crippen LogP contribution in [-0.4, -0.2) is 65.9 Å². The molecule has 0 atom stereocenters. The molecule has 0 bridgehead atoms. The minimum absolute atomic E-state index is 0.139. The fourth-order valence-corrected chi connectivity index (χ4v) is 5.46. The summed E-state index contributed by atoms with van der Waals surface area (Å²) < 4.78 is 30.5. The van der Waals surface area contributed by atoms with Gasteiger partial charge in [-0.1, -0.05) is 18.2 Å². The Morgan fingerprint density at radius 2 is 1.62 bits per heavy atom. The first-order valence-electron chi connectivity index (χ1n) is 10.6. The number of imidazole rings is 1. The predicted molar refractivity (Wildman–Crippen MR) is 123 cm³/mol. The maximum absolute atomic E-state index is 13.0. The second kappa shape index (κ2) is 8.89. The van der Waals surface area contributed by atoms with Crippen LogP contribution < -0.4 is 11.0 Å². The molecule has 4 rings (SSSR count). The number of carbonyl (C=O) groups excluding carboxylic acids is 1. The number of hydrogen-bond donors (Lipinski definition) is 1. The molecule has 1 N–H and O–H groups in total. The summed E-state index contributed by atoms with van der Waals surface area (Å²) in [5.41, 5.74) is 1.57. The Labute approximate surface area is 186 Å². The van der Waals surface area contributed by atoms with Crippen molar-refractivity contribution in [2.75, 3.05) is 38.5 Å². The summed E-state index contributed by atoms with van der Waals surface area (Å²) in [6.45, 7) is 4.43. The lowest BCUT2D eigenvalue weighted by atomic mass is 10.3. The fraction of sp³-hybridized carbons (Fsp3) is 0.364. The summed E-state index contributed by atoms with van der Waals surface area (Å²) in [5, 5.41) is 2.73. The number of carbonyl (C=O) groups is 1. The molecule has 2 heterocycles. The molecule has 0 unspecified atom stereocenters. The second-order valence-electron chi connectivity index (χ2n) is 7.89. The minimum Gasteiger partial charge on any atom is -0.324 e. The zero-order valence-corrected chi connectivity index (χ0v) is 19.0. The summed E-state index contributed by atoms with van der Waals surface area (Å²) in [4.78, 5) is 27.7. The van der Waals surface area contributed by atoms with Gasteiger partial charge in [-0.3, -0.25) is 13.9 Å². The number of amides is 1. The van der Waals surface area contributed by atoms with E-state index in [1.165, 1.54) is 21.0 Å². The maximum atomic E-state index is 13.0. The van der Waals surface area contributed by atoms with Gasteiger partial charge >= 0.3 is 5.69 Å². The smallest absolute Gasteiger partial charge is 0.324 e. The van der Waals surface area contributed by atoms with Crippen LogP contribution in [0, 0.1) is 0 Å². The van der Waals surface area contributed by atoms with Gasteiger partial charge in [-0.2, -0.15) is 4.31 Å². The lowest BCUT2D eigenvalue weighted by molar-refractivity contribution is -0.116. The molecule has 3 aromatic rings. The molecule has 1 aromatic heterocycles. The van der Waals surface area contributed by atoms with Crippen LogP contribution in [0.2, 0.25) is 0 Å². The van der Waals surface area contributed by atoms with Gasteiger partial charge in [0.25, 0.3) is 0 Å². The summed E-state index contributed by atoms with van der Waals surface area (Å²) in [5.74, 6) is -0.403. The van der Waals surface area contributed by atoms with Crippen molar-refractivity contribution in [1.29, 1.82) is 0 Å². The molecule has 1 saturated heterocycles. The highest BCUT2D eigenvalue weighted by Crippen LogP contribution is 2.21. The Kier molecular flexibility index (Phi) is 6.18. The van der Waals surface area contributed by atoms with Crippen LogP contribution in [0.15, 0.2) is 58.2 Å². The molecule has 0 radical (unpaired) electrons. The van der Waals surface area contributed by atoms with Gasteiger partial charge in [-0.25, -0.2) is 13.2 Å². The third-order valence-electron chi connectivity index (χ3n) is 5.76. The van der Waals surface area contributed by atoms with Crippen molar-refractivity contribution in [3.63, 3.8) is 0 Å². The van der Waals surface area contributed by atoms with E-state index < -0.39 is 15.9 Å². The number of nitrogens with zero attached hydrogens (tertiary/aromatic N) is 4. The first-order valence-corrected chi connectivity index (χ1v) is 12.0. The Morgan fingerprint density at radius 1 is 0.969 bits per heavy atom. The lowest BCUT2D eigenvalue weighted by Gasteiger charge is -2.31. The molecule has 1 aliphatic heterocycles. The van der Waals surface area contributed by atoms with Crippen LogP contribution in [0.5, 0.6) is 0 Å². The molecule has 2 aromatic carbocycles. The highest BCUT2D eigenvalue weighted by Gasteiger charge is 2.27. The van der Waals surface area contributed by atoms with E-state index in [-0.39, 0.29) is 17.1 Å². The Hall–Kier alpha value is -2.95. The summed E-state index contributed by atoms with van der Waals surface area (Å²) in [6, 6.07) is 13.6. The second-order valence-corrected chi connectivity index (χ2v) is 9.82. The van der Waals surface area contributed by atoms with Crippen LogP contribution in [0.1, 0.15) is 6.92 Å². The van der Waals surface area contributed by atoms with Gasteiger partial charge in [-0.05, 0) is 44.3 Å². The van der Waals surface area contributed by atoms with Crippen molar-refractivity contribution >= 4 is 32.7 Å². The zero-order valence-electron chi connectivity index (χ0n) is 18.2. The number of benzene rings is 2. The van der Waals surface area contributed by atoms with Crippen molar-refractivity contribution in [3.05, 3.63) is 59.0 Å². The largest absolute Gasteiger partial charge is 0.329 e. The normalized spacial score (nSPS) is 15.8. The minimum atomic E-state index is -3.64. The molecule has 1 amide bonds. The highest BCUT2D eigenvalue weighted by atomic mass is 32.2. The van der Waals surface area contributed by atoms with Gasteiger partial charge < -0.3 is 10.2 Å². The van der Waals surface area contributed by atoms with E-state index in [1.54, 1.807) is 22.8 Å². The number of aromatic nitrogens is 2. The van der Waals surface area contributed by atoms with E-state index in [9.17, 15) is 18.0 Å². The van der Waals surface area contributed by atoms with E-state index >= 15 is 0 Å². The van der Waals surface area contributed by atoms with Gasteiger partial charge in [0.1, 0.15) is 6.54 Å². The molecule has 170 valence electrons.